The van der Waals surface area contributed by atoms with Crippen LogP contribution >= 0.6 is 23.4 Å². The zero-order chi connectivity index (χ0) is 11.5. The molecule has 2 unspecified atom stereocenters. The van der Waals surface area contributed by atoms with Crippen molar-refractivity contribution in [3.05, 3.63) is 23.2 Å². The Morgan fingerprint density at radius 3 is 2.69 bits per heavy atom. The van der Waals surface area contributed by atoms with Gasteiger partial charge >= 0.3 is 0 Å². The molecular formula is C12H17ClN2S. The van der Waals surface area contributed by atoms with Gasteiger partial charge in [0.15, 0.2) is 0 Å². The summed E-state index contributed by atoms with van der Waals surface area (Å²) < 4.78 is 0. The van der Waals surface area contributed by atoms with E-state index in [2.05, 4.69) is 0 Å². The number of rotatable bonds is 2. The van der Waals surface area contributed by atoms with Crippen LogP contribution in [0.5, 0.6) is 0 Å². The summed E-state index contributed by atoms with van der Waals surface area (Å²) in [5.41, 5.74) is 12.8. The molecule has 2 atom stereocenters. The Morgan fingerprint density at radius 2 is 2.00 bits per heavy atom. The maximum absolute atomic E-state index is 6.15. The van der Waals surface area contributed by atoms with Crippen LogP contribution in [0.15, 0.2) is 23.1 Å². The molecule has 1 aromatic rings. The summed E-state index contributed by atoms with van der Waals surface area (Å²) in [4.78, 5) is 0.992. The number of nitrogens with two attached hydrogens (primary N) is 2. The van der Waals surface area contributed by atoms with E-state index in [-0.39, 0.29) is 6.04 Å². The molecule has 0 aromatic heterocycles. The molecule has 0 amide bonds. The third kappa shape index (κ3) is 2.65. The van der Waals surface area contributed by atoms with E-state index in [1.54, 1.807) is 11.8 Å². The molecule has 88 valence electrons. The van der Waals surface area contributed by atoms with Gasteiger partial charge in [0, 0.05) is 21.9 Å². The SMILES string of the molecule is Nc1cccc(Cl)c1SC1CCCCC1N. The maximum Gasteiger partial charge on any atom is 0.0562 e. The molecule has 0 heterocycles. The van der Waals surface area contributed by atoms with E-state index >= 15 is 0 Å². The first-order valence-corrected chi connectivity index (χ1v) is 6.90. The van der Waals surface area contributed by atoms with Gasteiger partial charge in [-0.2, -0.15) is 0 Å². The Kier molecular flexibility index (Phi) is 4.00. The van der Waals surface area contributed by atoms with Gasteiger partial charge in [0.25, 0.3) is 0 Å². The van der Waals surface area contributed by atoms with Crippen LogP contribution in [-0.4, -0.2) is 11.3 Å². The molecule has 0 spiro atoms. The van der Waals surface area contributed by atoms with E-state index in [9.17, 15) is 0 Å². The minimum atomic E-state index is 0.273. The molecule has 1 fully saturated rings. The highest BCUT2D eigenvalue weighted by Gasteiger charge is 2.24. The highest BCUT2D eigenvalue weighted by atomic mass is 35.5. The largest absolute Gasteiger partial charge is 0.398 e. The molecular weight excluding hydrogens is 240 g/mol. The van der Waals surface area contributed by atoms with Crippen molar-refractivity contribution in [2.24, 2.45) is 5.73 Å². The minimum absolute atomic E-state index is 0.273. The fourth-order valence-electron chi connectivity index (χ4n) is 2.07. The standard InChI is InChI=1S/C12H17ClN2S/c13-8-4-3-6-10(15)12(8)16-11-7-2-1-5-9(11)14/h3-4,6,9,11H,1-2,5,7,14-15H2. The molecule has 4 N–H and O–H groups in total. The van der Waals surface area contributed by atoms with Crippen molar-refractivity contribution in [2.45, 2.75) is 41.9 Å². The fraction of sp³-hybridized carbons (Fsp3) is 0.500. The number of hydrogen-bond acceptors (Lipinski definition) is 3. The van der Waals surface area contributed by atoms with Gasteiger partial charge < -0.3 is 11.5 Å². The zero-order valence-electron chi connectivity index (χ0n) is 9.16. The third-order valence-corrected chi connectivity index (χ3v) is 5.03. The number of hydrogen-bond donors (Lipinski definition) is 2. The molecule has 0 radical (unpaired) electrons. The lowest BCUT2D eigenvalue weighted by Crippen LogP contribution is -2.35. The van der Waals surface area contributed by atoms with Crippen molar-refractivity contribution in [1.82, 2.24) is 0 Å². The van der Waals surface area contributed by atoms with Crippen LogP contribution in [-0.2, 0) is 0 Å². The van der Waals surface area contributed by atoms with Gasteiger partial charge in [-0.05, 0) is 25.0 Å². The lowest BCUT2D eigenvalue weighted by atomic mass is 9.96. The Hall–Kier alpha value is -0.380. The Labute approximate surface area is 106 Å². The highest BCUT2D eigenvalue weighted by molar-refractivity contribution is 8.00. The summed E-state index contributed by atoms with van der Waals surface area (Å²) >= 11 is 7.90. The topological polar surface area (TPSA) is 52.0 Å². The third-order valence-electron chi connectivity index (χ3n) is 3.02. The summed E-state index contributed by atoms with van der Waals surface area (Å²) in [5.74, 6) is 0. The van der Waals surface area contributed by atoms with Crippen LogP contribution in [0.25, 0.3) is 0 Å². The molecule has 1 aromatic carbocycles. The van der Waals surface area contributed by atoms with Crippen LogP contribution < -0.4 is 11.5 Å². The summed E-state index contributed by atoms with van der Waals surface area (Å²) in [6.07, 6.45) is 4.78. The average Bonchev–Trinajstić information content (AvgIpc) is 2.26. The Morgan fingerprint density at radius 1 is 1.25 bits per heavy atom. The summed E-state index contributed by atoms with van der Waals surface area (Å²) in [7, 11) is 0. The molecule has 2 nitrogen and oxygen atoms in total. The van der Waals surface area contributed by atoms with Crippen LogP contribution in [0, 0.1) is 0 Å². The molecule has 1 saturated carbocycles. The first-order valence-electron chi connectivity index (χ1n) is 5.64. The van der Waals surface area contributed by atoms with E-state index in [1.807, 2.05) is 18.2 Å². The van der Waals surface area contributed by atoms with E-state index in [0.29, 0.717) is 5.25 Å². The van der Waals surface area contributed by atoms with E-state index in [1.165, 1.54) is 12.8 Å². The van der Waals surface area contributed by atoms with Crippen molar-refractivity contribution in [1.29, 1.82) is 0 Å². The second kappa shape index (κ2) is 5.30. The normalized spacial score (nSPS) is 25.6. The van der Waals surface area contributed by atoms with Gasteiger partial charge in [0.05, 0.1) is 5.02 Å². The molecule has 0 aliphatic heterocycles. The van der Waals surface area contributed by atoms with E-state index in [4.69, 9.17) is 23.1 Å². The van der Waals surface area contributed by atoms with Crippen molar-refractivity contribution in [3.8, 4) is 0 Å². The summed E-state index contributed by atoms with van der Waals surface area (Å²) in [6, 6.07) is 5.93. The molecule has 2 rings (SSSR count). The van der Waals surface area contributed by atoms with Gasteiger partial charge in [0.2, 0.25) is 0 Å². The summed E-state index contributed by atoms with van der Waals surface area (Å²) in [5, 5.41) is 1.19. The number of benzene rings is 1. The number of halogens is 1. The van der Waals surface area contributed by atoms with Gasteiger partial charge in [-0.15, -0.1) is 11.8 Å². The van der Waals surface area contributed by atoms with Crippen LogP contribution in [0.4, 0.5) is 5.69 Å². The van der Waals surface area contributed by atoms with Crippen LogP contribution in [0.3, 0.4) is 0 Å². The second-order valence-electron chi connectivity index (χ2n) is 4.26. The van der Waals surface area contributed by atoms with Gasteiger partial charge in [-0.3, -0.25) is 0 Å². The lowest BCUT2D eigenvalue weighted by Gasteiger charge is -2.28. The van der Waals surface area contributed by atoms with E-state index in [0.717, 1.165) is 28.4 Å². The Bertz CT molecular complexity index is 350. The first-order chi connectivity index (χ1) is 7.68. The summed E-state index contributed by atoms with van der Waals surface area (Å²) in [6.45, 7) is 0. The fourth-order valence-corrected chi connectivity index (χ4v) is 3.67. The molecule has 1 aliphatic carbocycles. The quantitative estimate of drug-likeness (QED) is 0.799. The predicted octanol–water partition coefficient (Wildman–Crippen LogP) is 3.28. The first kappa shape index (κ1) is 12.1. The number of anilines is 1. The van der Waals surface area contributed by atoms with Crippen molar-refractivity contribution < 1.29 is 0 Å². The van der Waals surface area contributed by atoms with Crippen molar-refractivity contribution in [3.63, 3.8) is 0 Å². The van der Waals surface area contributed by atoms with Crippen LogP contribution in [0.1, 0.15) is 25.7 Å². The van der Waals surface area contributed by atoms with E-state index < -0.39 is 0 Å². The molecule has 0 bridgehead atoms. The minimum Gasteiger partial charge on any atom is -0.398 e. The highest BCUT2D eigenvalue weighted by Crippen LogP contribution is 2.39. The molecule has 4 heteroatoms. The molecule has 1 aliphatic rings. The van der Waals surface area contributed by atoms with Crippen molar-refractivity contribution >= 4 is 29.1 Å². The lowest BCUT2D eigenvalue weighted by molar-refractivity contribution is 0.453. The predicted molar refractivity (Wildman–Crippen MR) is 72.0 cm³/mol. The Balaban J connectivity index is 2.13. The zero-order valence-corrected chi connectivity index (χ0v) is 10.7. The second-order valence-corrected chi connectivity index (χ2v) is 5.92. The molecule has 0 saturated heterocycles. The monoisotopic (exact) mass is 256 g/mol. The molecule has 16 heavy (non-hydrogen) atoms. The van der Waals surface area contributed by atoms with Crippen LogP contribution in [0.2, 0.25) is 5.02 Å². The smallest absolute Gasteiger partial charge is 0.0562 e. The maximum atomic E-state index is 6.15. The number of thioether (sulfide) groups is 1. The van der Waals surface area contributed by atoms with Gasteiger partial charge in [0.1, 0.15) is 0 Å². The number of nitrogen functional groups attached to an aromatic ring is 1. The van der Waals surface area contributed by atoms with Gasteiger partial charge in [-0.25, -0.2) is 0 Å². The average molecular weight is 257 g/mol. The van der Waals surface area contributed by atoms with Gasteiger partial charge in [-0.1, -0.05) is 30.5 Å². The van der Waals surface area contributed by atoms with Crippen molar-refractivity contribution in [2.75, 3.05) is 5.73 Å².